The van der Waals surface area contributed by atoms with Crippen LogP contribution in [0.4, 0.5) is 5.82 Å². The van der Waals surface area contributed by atoms with E-state index in [4.69, 9.17) is 4.74 Å². The van der Waals surface area contributed by atoms with Crippen LogP contribution in [0.15, 0.2) is 42.6 Å². The molecule has 1 N–H and O–H groups in total. The van der Waals surface area contributed by atoms with Gasteiger partial charge in [0, 0.05) is 30.4 Å². The summed E-state index contributed by atoms with van der Waals surface area (Å²) in [6.45, 7) is 1.07. The van der Waals surface area contributed by atoms with Crippen LogP contribution in [-0.4, -0.2) is 40.0 Å². The number of aromatic hydroxyl groups is 1. The smallest absolute Gasteiger partial charge is 0.213 e. The Kier molecular flexibility index (Phi) is 5.45. The summed E-state index contributed by atoms with van der Waals surface area (Å²) in [5, 5.41) is 19.9. The monoisotopic (exact) mass is 416 g/mol. The fourth-order valence-electron chi connectivity index (χ4n) is 4.90. The zero-order valence-corrected chi connectivity index (χ0v) is 17.9. The zero-order chi connectivity index (χ0) is 21.2. The number of pyridine rings is 1. The summed E-state index contributed by atoms with van der Waals surface area (Å²) >= 11 is 0. The van der Waals surface area contributed by atoms with Crippen molar-refractivity contribution in [3.8, 4) is 34.0 Å². The van der Waals surface area contributed by atoms with E-state index in [1.54, 1.807) is 19.4 Å². The lowest BCUT2D eigenvalue weighted by Gasteiger charge is -2.38. The number of aromatic nitrogens is 3. The van der Waals surface area contributed by atoms with E-state index >= 15 is 0 Å². The second-order valence-electron chi connectivity index (χ2n) is 8.49. The highest BCUT2D eigenvalue weighted by atomic mass is 16.5. The number of anilines is 1. The topological polar surface area (TPSA) is 71.4 Å². The lowest BCUT2D eigenvalue weighted by atomic mass is 9.92. The lowest BCUT2D eigenvalue weighted by molar-refractivity contribution is 0.398. The molecular weight excluding hydrogens is 388 g/mol. The largest absolute Gasteiger partial charge is 0.507 e. The molecule has 0 spiro atoms. The Morgan fingerprint density at radius 2 is 1.81 bits per heavy atom. The number of aryl methyl sites for hydroxylation is 1. The number of ether oxygens (including phenoxy) is 1. The first-order valence-electron chi connectivity index (χ1n) is 11.2. The fraction of sp³-hybridized carbons (Fsp3) is 0.400. The van der Waals surface area contributed by atoms with Gasteiger partial charge >= 0.3 is 0 Å². The SMILES string of the molecule is COc1cc(-c2ccc(-c3cc4c(nn3)N(C3CCCCC3)CCC4)c(O)c2)ccn1. The number of nitrogens with zero attached hydrogens (tertiary/aromatic N) is 4. The molecule has 6 heteroatoms. The minimum absolute atomic E-state index is 0.197. The second kappa shape index (κ2) is 8.53. The maximum Gasteiger partial charge on any atom is 0.213 e. The molecule has 5 rings (SSSR count). The van der Waals surface area contributed by atoms with Crippen molar-refractivity contribution in [1.29, 1.82) is 0 Å². The third-order valence-electron chi connectivity index (χ3n) is 6.53. The highest BCUT2D eigenvalue weighted by Crippen LogP contribution is 2.36. The number of hydrogen-bond donors (Lipinski definition) is 1. The van der Waals surface area contributed by atoms with Gasteiger partial charge in [-0.25, -0.2) is 4.98 Å². The van der Waals surface area contributed by atoms with Crippen molar-refractivity contribution in [1.82, 2.24) is 15.2 Å². The van der Waals surface area contributed by atoms with Gasteiger partial charge in [0.15, 0.2) is 5.82 Å². The molecule has 31 heavy (non-hydrogen) atoms. The van der Waals surface area contributed by atoms with E-state index < -0.39 is 0 Å². The molecule has 0 atom stereocenters. The molecule has 2 aliphatic rings. The molecule has 2 aromatic heterocycles. The molecule has 1 fully saturated rings. The van der Waals surface area contributed by atoms with Crippen molar-refractivity contribution < 1.29 is 9.84 Å². The third kappa shape index (κ3) is 3.94. The van der Waals surface area contributed by atoms with Crippen LogP contribution in [0.1, 0.15) is 44.1 Å². The number of benzene rings is 1. The van der Waals surface area contributed by atoms with Crippen LogP contribution in [0, 0.1) is 0 Å². The number of fused-ring (bicyclic) bond motifs is 1. The first-order valence-corrected chi connectivity index (χ1v) is 11.2. The molecule has 0 radical (unpaired) electrons. The average Bonchev–Trinajstić information content (AvgIpc) is 2.84. The van der Waals surface area contributed by atoms with Crippen LogP contribution >= 0.6 is 0 Å². The van der Waals surface area contributed by atoms with E-state index in [1.165, 1.54) is 37.7 Å². The molecule has 1 saturated carbocycles. The maximum absolute atomic E-state index is 10.8. The Bertz CT molecular complexity index is 1080. The standard InChI is InChI=1S/C25H28N4O2/c1-31-24-16-18(11-12-26-24)17-9-10-21(23(30)15-17)22-14-19-6-5-13-29(25(19)28-27-22)20-7-3-2-4-8-20/h9-12,14-16,20,30H,2-8,13H2,1H3. The predicted molar refractivity (Wildman–Crippen MR) is 121 cm³/mol. The Hall–Kier alpha value is -3.15. The molecule has 0 unspecified atom stereocenters. The molecule has 1 aliphatic heterocycles. The molecular formula is C25H28N4O2. The molecule has 1 aromatic carbocycles. The van der Waals surface area contributed by atoms with Crippen LogP contribution in [0.25, 0.3) is 22.4 Å². The van der Waals surface area contributed by atoms with Crippen molar-refractivity contribution in [2.24, 2.45) is 0 Å². The van der Waals surface area contributed by atoms with Gasteiger partial charge < -0.3 is 14.7 Å². The summed E-state index contributed by atoms with van der Waals surface area (Å²) < 4.78 is 5.21. The lowest BCUT2D eigenvalue weighted by Crippen LogP contribution is -2.41. The molecule has 160 valence electrons. The van der Waals surface area contributed by atoms with Crippen molar-refractivity contribution in [2.75, 3.05) is 18.6 Å². The summed E-state index contributed by atoms with van der Waals surface area (Å²) in [6.07, 6.45) is 10.3. The zero-order valence-electron chi connectivity index (χ0n) is 17.9. The Morgan fingerprint density at radius 1 is 0.968 bits per heavy atom. The molecule has 3 aromatic rings. The van der Waals surface area contributed by atoms with E-state index in [1.807, 2.05) is 24.3 Å². The van der Waals surface area contributed by atoms with E-state index in [0.29, 0.717) is 17.5 Å². The highest BCUT2D eigenvalue weighted by molar-refractivity contribution is 5.75. The van der Waals surface area contributed by atoms with Gasteiger partial charge in [-0.15, -0.1) is 10.2 Å². The predicted octanol–water partition coefficient (Wildman–Crippen LogP) is 5.01. The average molecular weight is 417 g/mol. The summed E-state index contributed by atoms with van der Waals surface area (Å²) in [4.78, 5) is 6.63. The first-order chi connectivity index (χ1) is 15.2. The van der Waals surface area contributed by atoms with Crippen molar-refractivity contribution in [3.63, 3.8) is 0 Å². The molecule has 1 aliphatic carbocycles. The quantitative estimate of drug-likeness (QED) is 0.645. The second-order valence-corrected chi connectivity index (χ2v) is 8.49. The van der Waals surface area contributed by atoms with Crippen LogP contribution in [0.3, 0.4) is 0 Å². The maximum atomic E-state index is 10.8. The minimum atomic E-state index is 0.197. The summed E-state index contributed by atoms with van der Waals surface area (Å²) in [6, 6.07) is 12.1. The van der Waals surface area contributed by atoms with Gasteiger partial charge in [-0.05, 0) is 66.6 Å². The van der Waals surface area contributed by atoms with Crippen LogP contribution in [0.2, 0.25) is 0 Å². The van der Waals surface area contributed by atoms with Crippen molar-refractivity contribution in [2.45, 2.75) is 51.0 Å². The van der Waals surface area contributed by atoms with E-state index in [0.717, 1.165) is 42.0 Å². The van der Waals surface area contributed by atoms with Crippen LogP contribution in [0.5, 0.6) is 11.6 Å². The van der Waals surface area contributed by atoms with Gasteiger partial charge in [0.05, 0.1) is 12.8 Å². The van der Waals surface area contributed by atoms with Crippen LogP contribution in [-0.2, 0) is 6.42 Å². The third-order valence-corrected chi connectivity index (χ3v) is 6.53. The van der Waals surface area contributed by atoms with Crippen LogP contribution < -0.4 is 9.64 Å². The summed E-state index contributed by atoms with van der Waals surface area (Å²) in [5.41, 5.74) is 4.50. The van der Waals surface area contributed by atoms with Gasteiger partial charge in [-0.3, -0.25) is 0 Å². The number of methoxy groups -OCH3 is 1. The van der Waals surface area contributed by atoms with Gasteiger partial charge in [0.25, 0.3) is 0 Å². The molecule has 0 amide bonds. The van der Waals surface area contributed by atoms with Crippen molar-refractivity contribution >= 4 is 5.82 Å². The van der Waals surface area contributed by atoms with Gasteiger partial charge in [-0.1, -0.05) is 25.3 Å². The van der Waals surface area contributed by atoms with E-state index in [-0.39, 0.29) is 5.75 Å². The van der Waals surface area contributed by atoms with Crippen molar-refractivity contribution in [3.05, 3.63) is 48.2 Å². The molecule has 6 nitrogen and oxygen atoms in total. The Morgan fingerprint density at radius 3 is 2.61 bits per heavy atom. The van der Waals surface area contributed by atoms with Gasteiger partial charge in [0.1, 0.15) is 5.75 Å². The van der Waals surface area contributed by atoms with E-state index in [2.05, 4.69) is 26.1 Å². The fourth-order valence-corrected chi connectivity index (χ4v) is 4.90. The molecule has 0 saturated heterocycles. The Balaban J connectivity index is 1.44. The number of rotatable bonds is 4. The van der Waals surface area contributed by atoms with Gasteiger partial charge in [0.2, 0.25) is 5.88 Å². The number of phenols is 1. The molecule has 3 heterocycles. The molecule has 0 bridgehead atoms. The van der Waals surface area contributed by atoms with Gasteiger partial charge in [-0.2, -0.15) is 0 Å². The normalized spacial score (nSPS) is 16.7. The highest BCUT2D eigenvalue weighted by Gasteiger charge is 2.27. The first kappa shape index (κ1) is 19.8. The van der Waals surface area contributed by atoms with E-state index in [9.17, 15) is 5.11 Å². The number of phenolic OH excluding ortho intramolecular Hbond substituents is 1. The summed E-state index contributed by atoms with van der Waals surface area (Å²) in [7, 11) is 1.59. The Labute approximate surface area is 182 Å². The summed E-state index contributed by atoms with van der Waals surface area (Å²) in [5.74, 6) is 1.79. The minimum Gasteiger partial charge on any atom is -0.507 e. The number of hydrogen-bond acceptors (Lipinski definition) is 6.